The molecule has 1 saturated heterocycles. The molecule has 1 aromatic carbocycles. The fourth-order valence-corrected chi connectivity index (χ4v) is 3.55. The van der Waals surface area contributed by atoms with Crippen molar-refractivity contribution < 1.29 is 14.6 Å². The Balaban J connectivity index is 1.68. The van der Waals surface area contributed by atoms with Gasteiger partial charge >= 0.3 is 5.97 Å². The van der Waals surface area contributed by atoms with Gasteiger partial charge in [0, 0.05) is 49.7 Å². The number of aryl methyl sites for hydroxylation is 1. The molecule has 29 heavy (non-hydrogen) atoms. The normalized spacial score (nSPS) is 14.8. The summed E-state index contributed by atoms with van der Waals surface area (Å²) >= 11 is 0. The summed E-state index contributed by atoms with van der Waals surface area (Å²) in [6.45, 7) is 3.38. The number of nitrogens with one attached hydrogen (secondary N) is 1. The number of aromatic nitrogens is 4. The number of nitrogens with zero attached hydrogens (tertiary/aromatic N) is 4. The summed E-state index contributed by atoms with van der Waals surface area (Å²) in [6.07, 6.45) is 3.25. The van der Waals surface area contributed by atoms with Gasteiger partial charge < -0.3 is 19.7 Å². The number of aliphatic carboxylic acids is 1. The van der Waals surface area contributed by atoms with Gasteiger partial charge in [-0.3, -0.25) is 14.3 Å². The molecule has 0 atom stereocenters. The molecule has 0 radical (unpaired) electrons. The molecule has 2 N–H and O–H groups in total. The van der Waals surface area contributed by atoms with Crippen LogP contribution >= 0.6 is 0 Å². The van der Waals surface area contributed by atoms with Crippen LogP contribution in [-0.4, -0.2) is 57.4 Å². The van der Waals surface area contributed by atoms with E-state index in [1.165, 1.54) is 0 Å². The van der Waals surface area contributed by atoms with Crippen LogP contribution in [0.25, 0.3) is 22.2 Å². The lowest BCUT2D eigenvalue weighted by Crippen LogP contribution is -2.28. The van der Waals surface area contributed by atoms with Crippen molar-refractivity contribution in [2.24, 2.45) is 0 Å². The maximum absolute atomic E-state index is 12.7. The van der Waals surface area contributed by atoms with E-state index in [0.717, 1.165) is 43.0 Å². The van der Waals surface area contributed by atoms with Crippen LogP contribution in [0.15, 0.2) is 35.3 Å². The van der Waals surface area contributed by atoms with Gasteiger partial charge in [-0.05, 0) is 18.9 Å². The van der Waals surface area contributed by atoms with Crippen LogP contribution in [0.5, 0.6) is 0 Å². The molecular weight excluding hydrogens is 374 g/mol. The van der Waals surface area contributed by atoms with Crippen molar-refractivity contribution in [2.45, 2.75) is 25.8 Å². The Morgan fingerprint density at radius 2 is 2.17 bits per heavy atom. The van der Waals surface area contributed by atoms with Crippen molar-refractivity contribution in [3.8, 4) is 11.3 Å². The molecule has 2 aromatic heterocycles. The number of carboxylic acids is 1. The number of anilines is 1. The average Bonchev–Trinajstić information content (AvgIpc) is 3.00. The van der Waals surface area contributed by atoms with Gasteiger partial charge in [-0.2, -0.15) is 0 Å². The van der Waals surface area contributed by atoms with Gasteiger partial charge in [-0.15, -0.1) is 5.10 Å². The summed E-state index contributed by atoms with van der Waals surface area (Å²) in [5.41, 5.74) is 2.10. The fourth-order valence-electron chi connectivity index (χ4n) is 3.55. The number of fused-ring (bicyclic) bond motifs is 1. The summed E-state index contributed by atoms with van der Waals surface area (Å²) in [5, 5.41) is 17.7. The van der Waals surface area contributed by atoms with Crippen LogP contribution in [0, 0.1) is 0 Å². The van der Waals surface area contributed by atoms with E-state index >= 15 is 0 Å². The number of H-pyrrole nitrogens is 1. The molecule has 9 nitrogen and oxygen atoms in total. The molecule has 1 aliphatic heterocycles. The first-order valence-corrected chi connectivity index (χ1v) is 9.73. The van der Waals surface area contributed by atoms with Crippen molar-refractivity contribution in [3.63, 3.8) is 0 Å². The number of para-hydroxylation sites is 1. The standard InChI is InChI=1S/C20H23N5O4/c26-17-12-18(24-7-3-10-29-11-9-24)21-20-14(4-1-5-15(17)20)16-13-25(23-22-16)8-2-6-19(27)28/h1,4-5,12-13H,2-3,6-11H2,(H,21,26)(H,27,28). The highest BCUT2D eigenvalue weighted by Gasteiger charge is 2.15. The second-order valence-electron chi connectivity index (χ2n) is 7.06. The summed E-state index contributed by atoms with van der Waals surface area (Å²) in [4.78, 5) is 29.0. The van der Waals surface area contributed by atoms with Crippen molar-refractivity contribution in [2.75, 3.05) is 31.2 Å². The van der Waals surface area contributed by atoms with E-state index in [9.17, 15) is 9.59 Å². The van der Waals surface area contributed by atoms with E-state index in [4.69, 9.17) is 9.84 Å². The maximum atomic E-state index is 12.7. The van der Waals surface area contributed by atoms with Gasteiger partial charge in [0.05, 0.1) is 18.3 Å². The SMILES string of the molecule is O=C(O)CCCn1cc(-c2cccc3c(=O)cc(N4CCCOCC4)[nH]c23)nn1. The quantitative estimate of drug-likeness (QED) is 0.653. The number of hydrogen-bond donors (Lipinski definition) is 2. The Bertz CT molecular complexity index is 1070. The summed E-state index contributed by atoms with van der Waals surface area (Å²) in [7, 11) is 0. The van der Waals surface area contributed by atoms with Gasteiger partial charge in [0.1, 0.15) is 11.5 Å². The third kappa shape index (κ3) is 4.29. The molecule has 1 fully saturated rings. The Hall–Kier alpha value is -3.20. The van der Waals surface area contributed by atoms with Gasteiger partial charge in [0.15, 0.2) is 5.43 Å². The highest BCUT2D eigenvalue weighted by Crippen LogP contribution is 2.26. The zero-order valence-corrected chi connectivity index (χ0v) is 16.0. The topological polar surface area (TPSA) is 113 Å². The number of pyridine rings is 1. The third-order valence-electron chi connectivity index (χ3n) is 5.01. The van der Waals surface area contributed by atoms with E-state index in [1.54, 1.807) is 23.0 Å². The molecule has 3 aromatic rings. The third-order valence-corrected chi connectivity index (χ3v) is 5.01. The monoisotopic (exact) mass is 397 g/mol. The molecule has 0 saturated carbocycles. The van der Waals surface area contributed by atoms with Crippen molar-refractivity contribution in [3.05, 3.63) is 40.7 Å². The smallest absolute Gasteiger partial charge is 0.303 e. The number of benzene rings is 1. The first-order chi connectivity index (χ1) is 14.1. The van der Waals surface area contributed by atoms with E-state index in [2.05, 4.69) is 20.2 Å². The number of ether oxygens (including phenoxy) is 1. The molecule has 9 heteroatoms. The number of carboxylic acid groups (broad SMARTS) is 1. The fraction of sp³-hybridized carbons (Fsp3) is 0.400. The lowest BCUT2D eigenvalue weighted by molar-refractivity contribution is -0.137. The molecule has 0 aliphatic carbocycles. The minimum Gasteiger partial charge on any atom is -0.481 e. The molecule has 152 valence electrons. The van der Waals surface area contributed by atoms with Crippen LogP contribution in [0.1, 0.15) is 19.3 Å². The minimum atomic E-state index is -0.830. The first kappa shape index (κ1) is 19.1. The Morgan fingerprint density at radius 3 is 3.03 bits per heavy atom. The van der Waals surface area contributed by atoms with E-state index in [0.29, 0.717) is 30.7 Å². The lowest BCUT2D eigenvalue weighted by atomic mass is 10.1. The highest BCUT2D eigenvalue weighted by molar-refractivity contribution is 5.93. The average molecular weight is 397 g/mol. The molecule has 1 aliphatic rings. The number of carbonyl (C=O) groups is 1. The molecular formula is C20H23N5O4. The Kier molecular flexibility index (Phi) is 5.57. The van der Waals surface area contributed by atoms with Crippen molar-refractivity contribution in [1.29, 1.82) is 0 Å². The van der Waals surface area contributed by atoms with Gasteiger partial charge in [0.25, 0.3) is 0 Å². The minimum absolute atomic E-state index is 0.0467. The predicted molar refractivity (Wildman–Crippen MR) is 108 cm³/mol. The largest absolute Gasteiger partial charge is 0.481 e. The van der Waals surface area contributed by atoms with Crippen LogP contribution in [-0.2, 0) is 16.1 Å². The molecule has 0 bridgehead atoms. The number of rotatable bonds is 6. The Morgan fingerprint density at radius 1 is 1.28 bits per heavy atom. The first-order valence-electron chi connectivity index (χ1n) is 9.73. The zero-order valence-electron chi connectivity index (χ0n) is 16.0. The van der Waals surface area contributed by atoms with Crippen LogP contribution < -0.4 is 10.3 Å². The van der Waals surface area contributed by atoms with E-state index in [-0.39, 0.29) is 11.8 Å². The van der Waals surface area contributed by atoms with E-state index < -0.39 is 5.97 Å². The van der Waals surface area contributed by atoms with Crippen LogP contribution in [0.2, 0.25) is 0 Å². The van der Waals surface area contributed by atoms with Gasteiger partial charge in [-0.1, -0.05) is 17.3 Å². The summed E-state index contributed by atoms with van der Waals surface area (Å²) in [6, 6.07) is 7.17. The zero-order chi connectivity index (χ0) is 20.2. The number of hydrogen-bond acceptors (Lipinski definition) is 6. The van der Waals surface area contributed by atoms with E-state index in [1.807, 2.05) is 12.1 Å². The van der Waals surface area contributed by atoms with Gasteiger partial charge in [-0.25, -0.2) is 0 Å². The molecule has 0 amide bonds. The summed E-state index contributed by atoms with van der Waals surface area (Å²) < 4.78 is 7.15. The van der Waals surface area contributed by atoms with Gasteiger partial charge in [0.2, 0.25) is 0 Å². The molecule has 3 heterocycles. The predicted octanol–water partition coefficient (Wildman–Crippen LogP) is 1.88. The summed E-state index contributed by atoms with van der Waals surface area (Å²) in [5.74, 6) is -0.0577. The number of aromatic amines is 1. The second kappa shape index (κ2) is 8.44. The second-order valence-corrected chi connectivity index (χ2v) is 7.06. The molecule has 0 unspecified atom stereocenters. The van der Waals surface area contributed by atoms with Crippen molar-refractivity contribution in [1.82, 2.24) is 20.0 Å². The maximum Gasteiger partial charge on any atom is 0.303 e. The lowest BCUT2D eigenvalue weighted by Gasteiger charge is -2.22. The highest BCUT2D eigenvalue weighted by atomic mass is 16.5. The molecule has 4 rings (SSSR count). The van der Waals surface area contributed by atoms with Crippen LogP contribution in [0.3, 0.4) is 0 Å². The van der Waals surface area contributed by atoms with Crippen molar-refractivity contribution >= 4 is 22.7 Å². The Labute approximate surface area is 166 Å². The molecule has 0 spiro atoms. The van der Waals surface area contributed by atoms with Crippen LogP contribution in [0.4, 0.5) is 5.82 Å².